The van der Waals surface area contributed by atoms with Crippen molar-refractivity contribution in [3.63, 3.8) is 0 Å². The zero-order chi connectivity index (χ0) is 13.5. The van der Waals surface area contributed by atoms with Crippen LogP contribution >= 0.6 is 11.6 Å². The molecule has 2 aromatic rings. The molecule has 3 nitrogen and oxygen atoms in total. The maximum atomic E-state index is 5.95. The molecule has 0 saturated carbocycles. The van der Waals surface area contributed by atoms with Crippen molar-refractivity contribution in [3.8, 4) is 5.75 Å². The Bertz CT molecular complexity index is 681. The van der Waals surface area contributed by atoms with Crippen LogP contribution < -0.4 is 10.2 Å². The Morgan fingerprint density at radius 1 is 1.10 bits per heavy atom. The van der Waals surface area contributed by atoms with Gasteiger partial charge in [-0.1, -0.05) is 35.9 Å². The van der Waals surface area contributed by atoms with Gasteiger partial charge in [0, 0.05) is 10.6 Å². The topological polar surface area (TPSA) is 33.6 Å². The molecular formula is C16H13ClN2O. The molecule has 20 heavy (non-hydrogen) atoms. The van der Waals surface area contributed by atoms with E-state index in [9.17, 15) is 0 Å². The summed E-state index contributed by atoms with van der Waals surface area (Å²) in [5.74, 6) is 1.16. The van der Waals surface area contributed by atoms with Crippen molar-refractivity contribution >= 4 is 17.3 Å². The highest BCUT2D eigenvalue weighted by molar-refractivity contribution is 6.30. The zero-order valence-corrected chi connectivity index (χ0v) is 11.5. The maximum absolute atomic E-state index is 5.95. The highest BCUT2D eigenvalue weighted by atomic mass is 35.5. The van der Waals surface area contributed by atoms with Crippen molar-refractivity contribution in [2.24, 2.45) is 11.0 Å². The summed E-state index contributed by atoms with van der Waals surface area (Å²) in [4.78, 5) is 0. The van der Waals surface area contributed by atoms with Gasteiger partial charge in [0.05, 0.1) is 24.3 Å². The number of benzene rings is 2. The number of fused-ring (bicyclic) bond motifs is 3. The van der Waals surface area contributed by atoms with Gasteiger partial charge in [0.25, 0.3) is 0 Å². The molecule has 2 aromatic carbocycles. The lowest BCUT2D eigenvalue weighted by Crippen LogP contribution is -2.31. The Hall–Kier alpha value is -2.00. The number of hydrogen-bond acceptors (Lipinski definition) is 3. The number of hydrazone groups is 1. The Balaban J connectivity index is 1.69. The SMILES string of the molecule is Clc1ccc([C@@H]2NN=C3c4ccccc4OC[C@@H]32)cc1. The van der Waals surface area contributed by atoms with E-state index in [1.54, 1.807) is 0 Å². The first kappa shape index (κ1) is 11.8. The third-order valence-corrected chi connectivity index (χ3v) is 4.14. The van der Waals surface area contributed by atoms with Gasteiger partial charge in [-0.2, -0.15) is 5.10 Å². The highest BCUT2D eigenvalue weighted by Crippen LogP contribution is 2.37. The molecule has 0 fully saturated rings. The van der Waals surface area contributed by atoms with Gasteiger partial charge in [-0.25, -0.2) is 0 Å². The molecule has 0 aromatic heterocycles. The van der Waals surface area contributed by atoms with Gasteiger partial charge >= 0.3 is 0 Å². The van der Waals surface area contributed by atoms with E-state index >= 15 is 0 Å². The molecule has 0 amide bonds. The fraction of sp³-hybridized carbons (Fsp3) is 0.188. The van der Waals surface area contributed by atoms with Crippen molar-refractivity contribution in [1.82, 2.24) is 5.43 Å². The molecular weight excluding hydrogens is 272 g/mol. The number of nitrogens with zero attached hydrogens (tertiary/aromatic N) is 1. The summed E-state index contributed by atoms with van der Waals surface area (Å²) < 4.78 is 5.87. The van der Waals surface area contributed by atoms with Crippen LogP contribution in [0.2, 0.25) is 5.02 Å². The minimum atomic E-state index is 0.149. The molecule has 0 bridgehead atoms. The number of halogens is 1. The van der Waals surface area contributed by atoms with E-state index in [2.05, 4.69) is 16.6 Å². The van der Waals surface area contributed by atoms with Crippen LogP contribution in [0, 0.1) is 5.92 Å². The smallest absolute Gasteiger partial charge is 0.128 e. The Morgan fingerprint density at radius 2 is 1.90 bits per heavy atom. The first-order valence-electron chi connectivity index (χ1n) is 6.64. The van der Waals surface area contributed by atoms with Gasteiger partial charge in [-0.3, -0.25) is 0 Å². The Kier molecular flexibility index (Phi) is 2.67. The Labute approximate surface area is 122 Å². The van der Waals surface area contributed by atoms with E-state index < -0.39 is 0 Å². The summed E-state index contributed by atoms with van der Waals surface area (Å²) in [6, 6.07) is 16.1. The Morgan fingerprint density at radius 3 is 2.75 bits per heavy atom. The second-order valence-electron chi connectivity index (χ2n) is 5.07. The molecule has 2 heterocycles. The molecule has 100 valence electrons. The third kappa shape index (κ3) is 1.78. The van der Waals surface area contributed by atoms with Crippen LogP contribution in [0.4, 0.5) is 0 Å². The summed E-state index contributed by atoms with van der Waals surface area (Å²) in [6.45, 7) is 0.649. The van der Waals surface area contributed by atoms with Crippen LogP contribution in [0.3, 0.4) is 0 Å². The van der Waals surface area contributed by atoms with E-state index in [0.717, 1.165) is 22.0 Å². The number of rotatable bonds is 1. The monoisotopic (exact) mass is 284 g/mol. The summed E-state index contributed by atoms with van der Waals surface area (Å²) >= 11 is 5.95. The number of para-hydroxylation sites is 1. The predicted molar refractivity (Wildman–Crippen MR) is 79.3 cm³/mol. The molecule has 0 aliphatic carbocycles. The van der Waals surface area contributed by atoms with E-state index in [1.807, 2.05) is 42.5 Å². The lowest BCUT2D eigenvalue weighted by atomic mass is 9.86. The van der Waals surface area contributed by atoms with Crippen LogP contribution in [0.1, 0.15) is 17.2 Å². The molecule has 4 rings (SSSR count). The number of ether oxygens (including phenoxy) is 1. The molecule has 1 N–H and O–H groups in total. The molecule has 2 aliphatic heterocycles. The molecule has 2 aliphatic rings. The van der Waals surface area contributed by atoms with Gasteiger partial charge < -0.3 is 10.2 Å². The molecule has 0 spiro atoms. The van der Waals surface area contributed by atoms with Crippen LogP contribution in [0.5, 0.6) is 5.75 Å². The second kappa shape index (κ2) is 4.53. The first-order chi connectivity index (χ1) is 9.83. The first-order valence-corrected chi connectivity index (χ1v) is 7.01. The quantitative estimate of drug-likeness (QED) is 0.871. The van der Waals surface area contributed by atoms with E-state index in [0.29, 0.717) is 6.61 Å². The van der Waals surface area contributed by atoms with Crippen molar-refractivity contribution in [2.75, 3.05) is 6.61 Å². The largest absolute Gasteiger partial charge is 0.492 e. The van der Waals surface area contributed by atoms with Crippen LogP contribution in [-0.2, 0) is 0 Å². The van der Waals surface area contributed by atoms with E-state index in [4.69, 9.17) is 16.3 Å². The lowest BCUT2D eigenvalue weighted by Gasteiger charge is -2.26. The fourth-order valence-corrected chi connectivity index (χ4v) is 2.99. The van der Waals surface area contributed by atoms with Crippen molar-refractivity contribution < 1.29 is 4.74 Å². The summed E-state index contributed by atoms with van der Waals surface area (Å²) in [7, 11) is 0. The van der Waals surface area contributed by atoms with Crippen LogP contribution in [-0.4, -0.2) is 12.3 Å². The normalized spacial score (nSPS) is 23.1. The summed E-state index contributed by atoms with van der Waals surface area (Å²) in [5.41, 5.74) is 6.60. The molecule has 0 unspecified atom stereocenters. The fourth-order valence-electron chi connectivity index (χ4n) is 2.87. The van der Waals surface area contributed by atoms with Crippen molar-refractivity contribution in [2.45, 2.75) is 6.04 Å². The van der Waals surface area contributed by atoms with Crippen molar-refractivity contribution in [3.05, 3.63) is 64.7 Å². The van der Waals surface area contributed by atoms with Gasteiger partial charge in [0.2, 0.25) is 0 Å². The lowest BCUT2D eigenvalue weighted by molar-refractivity contribution is 0.254. The minimum absolute atomic E-state index is 0.149. The standard InChI is InChI=1S/C16H13ClN2O/c17-11-7-5-10(6-8-11)15-13-9-20-14-4-2-1-3-12(14)16(13)19-18-15/h1-8,13,15,18H,9H2/t13-,15+/m1/s1. The van der Waals surface area contributed by atoms with E-state index in [-0.39, 0.29) is 12.0 Å². The average Bonchev–Trinajstić information content (AvgIpc) is 2.92. The summed E-state index contributed by atoms with van der Waals surface area (Å²) in [6.07, 6.45) is 0. The third-order valence-electron chi connectivity index (χ3n) is 3.89. The zero-order valence-electron chi connectivity index (χ0n) is 10.7. The summed E-state index contributed by atoms with van der Waals surface area (Å²) in [5, 5.41) is 5.28. The predicted octanol–water partition coefficient (Wildman–Crippen LogP) is 3.40. The average molecular weight is 285 g/mol. The van der Waals surface area contributed by atoms with Crippen LogP contribution in [0.25, 0.3) is 0 Å². The second-order valence-corrected chi connectivity index (χ2v) is 5.51. The molecule has 0 saturated heterocycles. The minimum Gasteiger partial charge on any atom is -0.492 e. The number of nitrogens with one attached hydrogen (secondary N) is 1. The van der Waals surface area contributed by atoms with E-state index in [1.165, 1.54) is 5.56 Å². The van der Waals surface area contributed by atoms with Gasteiger partial charge in [-0.05, 0) is 29.8 Å². The van der Waals surface area contributed by atoms with Crippen LogP contribution in [0.15, 0.2) is 53.6 Å². The number of hydrogen-bond donors (Lipinski definition) is 1. The maximum Gasteiger partial charge on any atom is 0.128 e. The molecule has 2 atom stereocenters. The van der Waals surface area contributed by atoms with Crippen molar-refractivity contribution in [1.29, 1.82) is 0 Å². The van der Waals surface area contributed by atoms with Gasteiger partial charge in [-0.15, -0.1) is 0 Å². The molecule has 4 heteroatoms. The van der Waals surface area contributed by atoms with Gasteiger partial charge in [0.1, 0.15) is 5.75 Å². The van der Waals surface area contributed by atoms with Gasteiger partial charge in [0.15, 0.2) is 0 Å². The molecule has 0 radical (unpaired) electrons. The highest BCUT2D eigenvalue weighted by Gasteiger charge is 2.38.